The number of benzene rings is 2. The van der Waals surface area contributed by atoms with Crippen LogP contribution in [0.15, 0.2) is 60.7 Å². The number of anilines is 2. The van der Waals surface area contributed by atoms with E-state index in [2.05, 4.69) is 15.9 Å². The number of piperidine rings is 1. The van der Waals surface area contributed by atoms with E-state index in [1.807, 2.05) is 66.4 Å². The summed E-state index contributed by atoms with van der Waals surface area (Å²) >= 11 is 0. The Morgan fingerprint density at radius 1 is 0.765 bits per heavy atom. The summed E-state index contributed by atoms with van der Waals surface area (Å²) < 4.78 is 5.84. The van der Waals surface area contributed by atoms with Gasteiger partial charge in [0.2, 0.25) is 5.95 Å². The van der Waals surface area contributed by atoms with Gasteiger partial charge in [-0.1, -0.05) is 18.2 Å². The number of rotatable bonds is 5. The summed E-state index contributed by atoms with van der Waals surface area (Å²) in [6, 6.07) is 19.1. The Kier molecular flexibility index (Phi) is 6.60. The molecule has 0 bridgehead atoms. The van der Waals surface area contributed by atoms with Gasteiger partial charge in [-0.3, -0.25) is 4.79 Å². The summed E-state index contributed by atoms with van der Waals surface area (Å²) in [6.07, 6.45) is 3.74. The number of aromatic nitrogens is 2. The highest BCUT2D eigenvalue weighted by Crippen LogP contribution is 2.24. The number of carbonyl (C=O) groups is 1. The predicted molar refractivity (Wildman–Crippen MR) is 134 cm³/mol. The van der Waals surface area contributed by atoms with E-state index in [-0.39, 0.29) is 5.91 Å². The van der Waals surface area contributed by atoms with E-state index in [0.29, 0.717) is 24.4 Å². The van der Waals surface area contributed by atoms with Crippen LogP contribution < -0.4 is 14.5 Å². The molecule has 0 saturated carbocycles. The Morgan fingerprint density at radius 2 is 1.44 bits per heavy atom. The summed E-state index contributed by atoms with van der Waals surface area (Å²) in [7, 11) is 0. The Bertz CT molecular complexity index is 1110. The molecule has 0 atom stereocenters. The lowest BCUT2D eigenvalue weighted by molar-refractivity contribution is 0.0746. The van der Waals surface area contributed by atoms with E-state index in [1.54, 1.807) is 0 Å². The molecule has 176 valence electrons. The van der Waals surface area contributed by atoms with Crippen molar-refractivity contribution < 1.29 is 9.53 Å². The molecule has 7 nitrogen and oxygen atoms in total. The van der Waals surface area contributed by atoms with Crippen molar-refractivity contribution in [3.63, 3.8) is 0 Å². The van der Waals surface area contributed by atoms with Crippen LogP contribution in [-0.2, 0) is 0 Å². The van der Waals surface area contributed by atoms with Crippen molar-refractivity contribution in [2.75, 3.05) is 49.1 Å². The summed E-state index contributed by atoms with van der Waals surface area (Å²) in [6.45, 7) is 6.91. The summed E-state index contributed by atoms with van der Waals surface area (Å²) in [4.78, 5) is 29.1. The van der Waals surface area contributed by atoms with Crippen LogP contribution in [0.25, 0.3) is 0 Å². The monoisotopic (exact) mass is 457 g/mol. The predicted octanol–water partition coefficient (Wildman–Crippen LogP) is 4.53. The minimum Gasteiger partial charge on any atom is -0.457 e. The molecular weight excluding hydrogens is 426 g/mol. The van der Waals surface area contributed by atoms with Crippen LogP contribution in [0.2, 0.25) is 0 Å². The largest absolute Gasteiger partial charge is 0.457 e. The number of para-hydroxylation sites is 1. The Hall–Kier alpha value is -3.61. The first-order valence-electron chi connectivity index (χ1n) is 12.1. The fraction of sp³-hybridized carbons (Fsp3) is 0.370. The van der Waals surface area contributed by atoms with Gasteiger partial charge < -0.3 is 19.4 Å². The Labute approximate surface area is 201 Å². The fourth-order valence-electron chi connectivity index (χ4n) is 4.55. The Balaban J connectivity index is 1.20. The quantitative estimate of drug-likeness (QED) is 0.561. The standard InChI is InChI=1S/C27H31N5O2/c1-21-20-25(30-14-6-3-7-15-30)29-27(28-21)32-18-16-31(17-19-32)26(33)22-10-12-24(13-11-22)34-23-8-4-2-5-9-23/h2,4-5,8-13,20H,3,6-7,14-19H2,1H3. The maximum absolute atomic E-state index is 13.1. The molecule has 3 aromatic rings. The second kappa shape index (κ2) is 10.1. The molecule has 0 unspecified atom stereocenters. The third-order valence-electron chi connectivity index (χ3n) is 6.44. The SMILES string of the molecule is Cc1cc(N2CCCCC2)nc(N2CCN(C(=O)c3ccc(Oc4ccccc4)cc3)CC2)n1. The van der Waals surface area contributed by atoms with Gasteiger partial charge in [0.15, 0.2) is 0 Å². The van der Waals surface area contributed by atoms with Gasteiger partial charge in [0, 0.05) is 56.6 Å². The van der Waals surface area contributed by atoms with E-state index in [0.717, 1.165) is 49.4 Å². The van der Waals surface area contributed by atoms with E-state index < -0.39 is 0 Å². The molecule has 1 amide bonds. The maximum Gasteiger partial charge on any atom is 0.253 e. The molecule has 2 aliphatic rings. The van der Waals surface area contributed by atoms with Crippen molar-refractivity contribution >= 4 is 17.7 Å². The van der Waals surface area contributed by atoms with Crippen LogP contribution in [0.5, 0.6) is 11.5 Å². The number of carbonyl (C=O) groups excluding carboxylic acids is 1. The van der Waals surface area contributed by atoms with Crippen molar-refractivity contribution in [3.05, 3.63) is 71.9 Å². The van der Waals surface area contributed by atoms with Gasteiger partial charge in [0.25, 0.3) is 5.91 Å². The van der Waals surface area contributed by atoms with E-state index >= 15 is 0 Å². The first-order chi connectivity index (χ1) is 16.7. The van der Waals surface area contributed by atoms with Gasteiger partial charge in [-0.2, -0.15) is 4.98 Å². The van der Waals surface area contributed by atoms with Gasteiger partial charge in [-0.25, -0.2) is 4.98 Å². The van der Waals surface area contributed by atoms with Gasteiger partial charge >= 0.3 is 0 Å². The first-order valence-corrected chi connectivity index (χ1v) is 12.1. The topological polar surface area (TPSA) is 61.8 Å². The van der Waals surface area contributed by atoms with Crippen molar-refractivity contribution in [2.24, 2.45) is 0 Å². The zero-order valence-electron chi connectivity index (χ0n) is 19.7. The van der Waals surface area contributed by atoms with E-state index in [1.165, 1.54) is 19.3 Å². The molecule has 5 rings (SSSR count). The van der Waals surface area contributed by atoms with Crippen LogP contribution in [0.4, 0.5) is 11.8 Å². The molecule has 2 aromatic carbocycles. The molecule has 7 heteroatoms. The van der Waals surface area contributed by atoms with Crippen LogP contribution in [-0.4, -0.2) is 60.0 Å². The highest BCUT2D eigenvalue weighted by Gasteiger charge is 2.24. The van der Waals surface area contributed by atoms with Crippen molar-refractivity contribution in [1.82, 2.24) is 14.9 Å². The highest BCUT2D eigenvalue weighted by atomic mass is 16.5. The first kappa shape index (κ1) is 22.2. The second-order valence-corrected chi connectivity index (χ2v) is 8.93. The molecule has 3 heterocycles. The number of hydrogen-bond donors (Lipinski definition) is 0. The van der Waals surface area contributed by atoms with E-state index in [9.17, 15) is 4.79 Å². The lowest BCUT2D eigenvalue weighted by atomic mass is 10.1. The number of aryl methyl sites for hydroxylation is 1. The molecule has 34 heavy (non-hydrogen) atoms. The van der Waals surface area contributed by atoms with Crippen molar-refractivity contribution in [2.45, 2.75) is 26.2 Å². The average Bonchev–Trinajstić information content (AvgIpc) is 2.90. The molecule has 0 radical (unpaired) electrons. The smallest absolute Gasteiger partial charge is 0.253 e. The highest BCUT2D eigenvalue weighted by molar-refractivity contribution is 5.94. The van der Waals surface area contributed by atoms with Gasteiger partial charge in [-0.05, 0) is 62.6 Å². The van der Waals surface area contributed by atoms with Gasteiger partial charge in [0.1, 0.15) is 17.3 Å². The van der Waals surface area contributed by atoms with Crippen molar-refractivity contribution in [3.8, 4) is 11.5 Å². The fourth-order valence-corrected chi connectivity index (χ4v) is 4.55. The van der Waals surface area contributed by atoms with Crippen LogP contribution in [0, 0.1) is 6.92 Å². The van der Waals surface area contributed by atoms with Crippen LogP contribution in [0.1, 0.15) is 35.3 Å². The normalized spacial score (nSPS) is 16.4. The van der Waals surface area contributed by atoms with Crippen molar-refractivity contribution in [1.29, 1.82) is 0 Å². The number of nitrogens with zero attached hydrogens (tertiary/aromatic N) is 5. The molecule has 0 N–H and O–H groups in total. The number of ether oxygens (including phenoxy) is 1. The average molecular weight is 458 g/mol. The molecule has 0 aliphatic carbocycles. The Morgan fingerprint density at radius 3 is 2.15 bits per heavy atom. The minimum absolute atomic E-state index is 0.0464. The summed E-state index contributed by atoms with van der Waals surface area (Å²) in [5.41, 5.74) is 1.66. The molecule has 2 fully saturated rings. The maximum atomic E-state index is 13.1. The molecule has 2 aliphatic heterocycles. The molecule has 1 aromatic heterocycles. The lowest BCUT2D eigenvalue weighted by Crippen LogP contribution is -2.49. The molecule has 0 spiro atoms. The zero-order valence-corrected chi connectivity index (χ0v) is 19.7. The number of hydrogen-bond acceptors (Lipinski definition) is 6. The summed E-state index contributed by atoms with van der Waals surface area (Å²) in [5.74, 6) is 3.34. The summed E-state index contributed by atoms with van der Waals surface area (Å²) in [5, 5.41) is 0. The van der Waals surface area contributed by atoms with Crippen LogP contribution >= 0.6 is 0 Å². The second-order valence-electron chi connectivity index (χ2n) is 8.93. The van der Waals surface area contributed by atoms with Gasteiger partial charge in [-0.15, -0.1) is 0 Å². The third-order valence-corrected chi connectivity index (χ3v) is 6.44. The minimum atomic E-state index is 0.0464. The van der Waals surface area contributed by atoms with E-state index in [4.69, 9.17) is 14.7 Å². The molecule has 2 saturated heterocycles. The molecular formula is C27H31N5O2. The zero-order chi connectivity index (χ0) is 23.3. The third kappa shape index (κ3) is 5.14. The van der Waals surface area contributed by atoms with Gasteiger partial charge in [0.05, 0.1) is 0 Å². The number of amides is 1. The van der Waals surface area contributed by atoms with Crippen LogP contribution in [0.3, 0.4) is 0 Å². The number of piperazine rings is 1. The lowest BCUT2D eigenvalue weighted by Gasteiger charge is -2.35.